The Balaban J connectivity index is 2.15. The van der Waals surface area contributed by atoms with Gasteiger partial charge in [-0.25, -0.2) is 0 Å². The number of ether oxygens (including phenoxy) is 4. The second-order valence-electron chi connectivity index (χ2n) is 6.54. The number of nitrogens with two attached hydrogens (primary N) is 1. The quantitative estimate of drug-likeness (QED) is 0.519. The van der Waals surface area contributed by atoms with Crippen LogP contribution in [0.4, 0.5) is 11.4 Å². The molecular formula is C22H25N3O6. The van der Waals surface area contributed by atoms with Crippen LogP contribution in [-0.4, -0.2) is 39.5 Å². The van der Waals surface area contributed by atoms with Gasteiger partial charge in [0.15, 0.2) is 17.2 Å². The number of benzene rings is 2. The van der Waals surface area contributed by atoms with Gasteiger partial charge in [-0.05, 0) is 29.8 Å². The largest absolute Gasteiger partial charge is 0.493 e. The Morgan fingerprint density at radius 3 is 2.16 bits per heavy atom. The Morgan fingerprint density at radius 2 is 1.61 bits per heavy atom. The first-order chi connectivity index (χ1) is 15.0. The molecule has 1 aromatic heterocycles. The van der Waals surface area contributed by atoms with Crippen LogP contribution in [0.3, 0.4) is 0 Å². The number of nitrogens with zero attached hydrogens (tertiary/aromatic N) is 1. The molecule has 2 aromatic carbocycles. The lowest BCUT2D eigenvalue weighted by molar-refractivity contribution is -0.115. The molecular weight excluding hydrogens is 402 g/mol. The normalized spacial score (nSPS) is 10.5. The molecule has 0 atom stereocenters. The first-order valence-electron chi connectivity index (χ1n) is 9.49. The maximum absolute atomic E-state index is 12.0. The first-order valence-corrected chi connectivity index (χ1v) is 9.49. The lowest BCUT2D eigenvalue weighted by atomic mass is 9.99. The number of carbonyl (C=O) groups is 1. The molecule has 9 nitrogen and oxygen atoms in total. The molecule has 0 saturated carbocycles. The van der Waals surface area contributed by atoms with Crippen molar-refractivity contribution < 1.29 is 28.3 Å². The van der Waals surface area contributed by atoms with Crippen molar-refractivity contribution in [1.82, 2.24) is 5.16 Å². The predicted octanol–water partition coefficient (Wildman–Crippen LogP) is 3.97. The third-order valence-electron chi connectivity index (χ3n) is 4.74. The van der Waals surface area contributed by atoms with Gasteiger partial charge in [-0.3, -0.25) is 4.79 Å². The first kappa shape index (κ1) is 21.8. The Labute approximate surface area is 180 Å². The van der Waals surface area contributed by atoms with Crippen LogP contribution in [0.25, 0.3) is 22.4 Å². The topological polar surface area (TPSA) is 118 Å². The fourth-order valence-electron chi connectivity index (χ4n) is 3.23. The van der Waals surface area contributed by atoms with Gasteiger partial charge in [0.05, 0.1) is 39.8 Å². The van der Waals surface area contributed by atoms with Gasteiger partial charge in [-0.1, -0.05) is 12.1 Å². The number of nitrogen functional groups attached to an aromatic ring is 1. The average Bonchev–Trinajstić information content (AvgIpc) is 3.27. The summed E-state index contributed by atoms with van der Waals surface area (Å²) in [4.78, 5) is 12.0. The summed E-state index contributed by atoms with van der Waals surface area (Å²) in [6.07, 6.45) is 1.82. The van der Waals surface area contributed by atoms with Gasteiger partial charge >= 0.3 is 0 Å². The maximum atomic E-state index is 12.0. The highest BCUT2D eigenvalue weighted by atomic mass is 16.5. The molecule has 0 fully saturated rings. The second kappa shape index (κ2) is 9.29. The second-order valence-corrected chi connectivity index (χ2v) is 6.54. The zero-order valence-electron chi connectivity index (χ0n) is 18.1. The third-order valence-corrected chi connectivity index (χ3v) is 4.74. The molecule has 3 rings (SSSR count). The fraction of sp³-hybridized carbons (Fsp3) is 0.273. The van der Waals surface area contributed by atoms with Crippen LogP contribution in [0.15, 0.2) is 35.1 Å². The van der Waals surface area contributed by atoms with Crippen LogP contribution in [0.1, 0.15) is 13.3 Å². The van der Waals surface area contributed by atoms with Crippen LogP contribution in [0.2, 0.25) is 0 Å². The molecule has 3 aromatic rings. The average molecular weight is 427 g/mol. The summed E-state index contributed by atoms with van der Waals surface area (Å²) >= 11 is 0. The summed E-state index contributed by atoms with van der Waals surface area (Å²) in [6, 6.07) is 7.04. The van der Waals surface area contributed by atoms with Crippen LogP contribution in [0, 0.1) is 0 Å². The van der Waals surface area contributed by atoms with Crippen molar-refractivity contribution in [2.45, 2.75) is 13.3 Å². The summed E-state index contributed by atoms with van der Waals surface area (Å²) in [7, 11) is 6.11. The SMILES string of the molecule is CCC(=O)Nc1cc(-c2conc2-c2cc(OC)c(OC)c(OC)c2)cc(N)c1OC. The zero-order valence-corrected chi connectivity index (χ0v) is 18.1. The number of carbonyl (C=O) groups excluding carboxylic acids is 1. The summed E-state index contributed by atoms with van der Waals surface area (Å²) < 4.78 is 26.9. The molecule has 1 amide bonds. The van der Waals surface area contributed by atoms with Crippen LogP contribution in [0.5, 0.6) is 23.0 Å². The Kier molecular flexibility index (Phi) is 6.54. The van der Waals surface area contributed by atoms with E-state index in [4.69, 9.17) is 29.2 Å². The Morgan fingerprint density at radius 1 is 0.968 bits per heavy atom. The molecule has 9 heteroatoms. The number of anilines is 2. The van der Waals surface area contributed by atoms with Gasteiger partial charge in [0.25, 0.3) is 0 Å². The van der Waals surface area contributed by atoms with Gasteiger partial charge < -0.3 is 34.5 Å². The Hall–Kier alpha value is -3.88. The van der Waals surface area contributed by atoms with E-state index < -0.39 is 0 Å². The molecule has 0 unspecified atom stereocenters. The summed E-state index contributed by atoms with van der Waals surface area (Å²) in [5.74, 6) is 1.66. The molecule has 1 heterocycles. The van der Waals surface area contributed by atoms with Gasteiger partial charge in [0, 0.05) is 17.5 Å². The van der Waals surface area contributed by atoms with Crippen molar-refractivity contribution in [3.05, 3.63) is 30.5 Å². The number of nitrogens with one attached hydrogen (secondary N) is 1. The molecule has 31 heavy (non-hydrogen) atoms. The fourth-order valence-corrected chi connectivity index (χ4v) is 3.23. The van der Waals surface area contributed by atoms with Gasteiger partial charge in [-0.15, -0.1) is 0 Å². The van der Waals surface area contributed by atoms with Crippen molar-refractivity contribution >= 4 is 17.3 Å². The van der Waals surface area contributed by atoms with Crippen LogP contribution < -0.4 is 30.0 Å². The molecule has 0 bridgehead atoms. The van der Waals surface area contributed by atoms with Crippen molar-refractivity contribution in [3.63, 3.8) is 0 Å². The maximum Gasteiger partial charge on any atom is 0.224 e. The number of hydrogen-bond donors (Lipinski definition) is 2. The minimum Gasteiger partial charge on any atom is -0.493 e. The smallest absolute Gasteiger partial charge is 0.224 e. The highest BCUT2D eigenvalue weighted by molar-refractivity contribution is 5.96. The standard InChI is InChI=1S/C22H25N3O6/c1-6-19(26)24-16-8-12(7-15(23)21(16)29-4)14-11-31-25-20(14)13-9-17(27-2)22(30-5)18(10-13)28-3/h7-11H,6,23H2,1-5H3,(H,24,26). The summed E-state index contributed by atoms with van der Waals surface area (Å²) in [5.41, 5.74) is 9.59. The van der Waals surface area contributed by atoms with Gasteiger partial charge in [0.2, 0.25) is 11.7 Å². The van der Waals surface area contributed by atoms with E-state index in [1.165, 1.54) is 34.7 Å². The highest BCUT2D eigenvalue weighted by Crippen LogP contribution is 2.44. The van der Waals surface area contributed by atoms with E-state index in [0.717, 1.165) is 0 Å². The van der Waals surface area contributed by atoms with E-state index in [9.17, 15) is 4.79 Å². The lowest BCUT2D eigenvalue weighted by Crippen LogP contribution is -2.11. The number of hydrogen-bond acceptors (Lipinski definition) is 8. The van der Waals surface area contributed by atoms with E-state index in [0.29, 0.717) is 63.2 Å². The van der Waals surface area contributed by atoms with Crippen molar-refractivity contribution in [1.29, 1.82) is 0 Å². The molecule has 164 valence electrons. The van der Waals surface area contributed by atoms with E-state index in [1.807, 2.05) is 0 Å². The molecule has 0 aliphatic rings. The molecule has 0 aliphatic carbocycles. The van der Waals surface area contributed by atoms with Crippen molar-refractivity contribution in [2.24, 2.45) is 0 Å². The molecule has 0 aliphatic heterocycles. The Bertz CT molecular complexity index is 1070. The minimum absolute atomic E-state index is 0.162. The highest BCUT2D eigenvalue weighted by Gasteiger charge is 2.21. The summed E-state index contributed by atoms with van der Waals surface area (Å²) in [5, 5.41) is 6.98. The van der Waals surface area contributed by atoms with E-state index >= 15 is 0 Å². The van der Waals surface area contributed by atoms with E-state index in [2.05, 4.69) is 10.5 Å². The number of aromatic nitrogens is 1. The van der Waals surface area contributed by atoms with Crippen molar-refractivity contribution in [3.8, 4) is 45.4 Å². The van der Waals surface area contributed by atoms with Gasteiger partial charge in [-0.2, -0.15) is 0 Å². The number of rotatable bonds is 8. The van der Waals surface area contributed by atoms with Crippen molar-refractivity contribution in [2.75, 3.05) is 39.5 Å². The molecule has 3 N–H and O–H groups in total. The monoisotopic (exact) mass is 427 g/mol. The number of methoxy groups -OCH3 is 4. The predicted molar refractivity (Wildman–Crippen MR) is 117 cm³/mol. The minimum atomic E-state index is -0.162. The van der Waals surface area contributed by atoms with E-state index in [-0.39, 0.29) is 5.91 Å². The summed E-state index contributed by atoms with van der Waals surface area (Å²) in [6.45, 7) is 1.76. The van der Waals surface area contributed by atoms with Crippen LogP contribution >= 0.6 is 0 Å². The molecule has 0 radical (unpaired) electrons. The lowest BCUT2D eigenvalue weighted by Gasteiger charge is -2.15. The molecule has 0 saturated heterocycles. The number of amides is 1. The molecule has 0 spiro atoms. The van der Waals surface area contributed by atoms with Gasteiger partial charge in [0.1, 0.15) is 12.0 Å². The van der Waals surface area contributed by atoms with Crippen LogP contribution in [-0.2, 0) is 4.79 Å². The van der Waals surface area contributed by atoms with E-state index in [1.54, 1.807) is 31.2 Å². The third kappa shape index (κ3) is 4.20. The zero-order chi connectivity index (χ0) is 22.5.